The summed E-state index contributed by atoms with van der Waals surface area (Å²) in [5, 5.41) is 2.52. The third kappa shape index (κ3) is 26.6. The van der Waals surface area contributed by atoms with Gasteiger partial charge in [0.25, 0.3) is 47.0 Å². The molecule has 136 heavy (non-hydrogen) atoms. The number of alkyl carbamates (subject to hydrolysis) is 1. The predicted octanol–water partition coefficient (Wildman–Crippen LogP) is 15.8. The van der Waals surface area contributed by atoms with Crippen LogP contribution in [0.4, 0.5) is 47.7 Å². The van der Waals surface area contributed by atoms with Gasteiger partial charge in [0.2, 0.25) is 16.8 Å². The number of rotatable bonds is 34. The van der Waals surface area contributed by atoms with E-state index in [9.17, 15) is 47.1 Å². The molecule has 742 valence electrons. The number of methoxy groups -OCH3 is 8. The molecule has 8 amide bonds. The van der Waals surface area contributed by atoms with E-state index < -0.39 is 51.6 Å². The van der Waals surface area contributed by atoms with Gasteiger partial charge in [0, 0.05) is 154 Å². The molecule has 7 aromatic carbocycles. The van der Waals surface area contributed by atoms with E-state index in [-0.39, 0.29) is 73.4 Å². The van der Waals surface area contributed by atoms with Crippen molar-refractivity contribution in [1.29, 1.82) is 0 Å². The summed E-state index contributed by atoms with van der Waals surface area (Å²) >= 11 is 0. The van der Waals surface area contributed by atoms with Gasteiger partial charge in [-0.05, 0) is 251 Å². The summed E-state index contributed by atoms with van der Waals surface area (Å²) < 4.78 is 104. The summed E-state index contributed by atoms with van der Waals surface area (Å²) in [6.07, 6.45) is 8.66. The average Bonchev–Trinajstić information content (AvgIpc) is 1.09. The lowest BCUT2D eigenvalue weighted by Crippen LogP contribution is -2.62. The molecule has 32 heteroatoms. The summed E-state index contributed by atoms with van der Waals surface area (Å²) in [5.41, 5.74) is 5.29. The molecule has 6 aliphatic heterocycles. The van der Waals surface area contributed by atoms with Crippen LogP contribution in [0.5, 0.6) is 34.5 Å². The number of amides is 8. The zero-order chi connectivity index (χ0) is 99.6. The first-order valence-corrected chi connectivity index (χ1v) is 46.4. The fourth-order valence-electron chi connectivity index (χ4n) is 16.8. The lowest BCUT2D eigenvalue weighted by Gasteiger charge is -2.42. The smallest absolute Gasteiger partial charge is 0.406 e. The Balaban J connectivity index is 0.000000184. The summed E-state index contributed by atoms with van der Waals surface area (Å²) in [6, 6.07) is 37.6. The van der Waals surface area contributed by atoms with Gasteiger partial charge in [-0.2, -0.15) is 0 Å². The molecular weight excluding hydrogens is 1750 g/mol. The van der Waals surface area contributed by atoms with Crippen molar-refractivity contribution in [2.24, 2.45) is 5.92 Å². The van der Waals surface area contributed by atoms with E-state index in [1.165, 1.54) is 43.6 Å². The Labute approximate surface area is 799 Å². The summed E-state index contributed by atoms with van der Waals surface area (Å²) in [7, 11) is 16.0. The Morgan fingerprint density at radius 3 is 1.13 bits per heavy atom. The molecule has 30 nitrogen and oxygen atoms in total. The number of likely N-dealkylation sites (N-methyl/N-ethyl adjacent to an activating group) is 1. The number of nitrogens with one attached hydrogen (secondary N) is 1. The van der Waals surface area contributed by atoms with Crippen molar-refractivity contribution >= 4 is 81.6 Å². The number of hydrogen-bond donors (Lipinski definition) is 1. The van der Waals surface area contributed by atoms with Crippen LogP contribution in [0.1, 0.15) is 151 Å². The molecule has 0 saturated heterocycles. The van der Waals surface area contributed by atoms with Crippen LogP contribution in [0.25, 0.3) is 0 Å². The Bertz CT molecular complexity index is 5250. The molecule has 5 unspecified atom stereocenters. The highest BCUT2D eigenvalue weighted by Crippen LogP contribution is 2.48. The lowest BCUT2D eigenvalue weighted by molar-refractivity contribution is -0.154. The third-order valence-electron chi connectivity index (χ3n) is 24.3. The van der Waals surface area contributed by atoms with E-state index in [1.807, 2.05) is 167 Å². The van der Waals surface area contributed by atoms with Crippen LogP contribution >= 0.6 is 0 Å². The number of carbonyl (C=O) groups is 8. The van der Waals surface area contributed by atoms with Gasteiger partial charge in [0.05, 0.1) is 54.4 Å². The molecule has 0 spiro atoms. The standard InChI is InChI=1S/C20H20F2N2O4.C17H24N2O4.C17H25NO4.C17H23NO3.C17H25NO3.C16H23NO4/c1-12-4-5-17-16(8-12)24(7-6-23-19(26)27-3)18(25)20(2,28-17)13-9-14(21)11-15(22)10-13;1-12-7-8-14-13(11-12)19(9-6-10-22-5)16(21)17(2,23-14)15(20)18(3)4;1-13-7-8-15-14(11-13)18(9-5-6-10-20-3)16(19)17(2,22-15)12-21-4;1-12-4-7-15-14(10-12)18(8-3-9-20-2)17(19)16(21-15)11-13-5-6-13;1-5-17(6-2)16(19)18(10-7-11-20-4)14-12-13(3)8-9-15(14)21-17;1-12-6-7-14-13(10-12)17(8-5-9-19-3)15(18)16(2,21-14)11-20-4/h4-5,8-11H,6-7H2,1-3H3,(H,23,26);7-8,11H,6,9-10H2,1-5H3;7-8,11H,5-6,9-10,12H2,1-4H3;4,7,10,13,16H,3,5-6,8-9,11H2,1-2H3;8-9,12H,5-7,10-11H2,1-4H3;6-7,10H,5,8-9,11H2,1-4H3. The van der Waals surface area contributed by atoms with E-state index >= 15 is 0 Å². The fourth-order valence-corrected chi connectivity index (χ4v) is 16.8. The number of benzene rings is 7. The molecule has 7 aliphatic rings. The quantitative estimate of drug-likeness (QED) is 0.0289. The van der Waals surface area contributed by atoms with Crippen LogP contribution in [0.2, 0.25) is 0 Å². The monoisotopic (exact) mass is 1890 g/mol. The maximum absolute atomic E-state index is 13.8. The SMILES string of the molecule is CCC1(CC)Oc2ccc(C)cc2N(CCCOC)C1=O.COC(=O)NCCN1C(=O)C(C)(c2cc(F)cc(F)c2)Oc2ccc(C)cc21.COCCCCN1C(=O)C(C)(COC)Oc2ccc(C)cc21.COCCCN1C(=O)C(C)(C(=O)N(C)C)Oc2ccc(C)cc21.COCCCN1C(=O)C(C)(COC)Oc2ccc(C)cc21.COCCCN1C(=O)C(CC2CC2)Oc2ccc(C)cc21. The third-order valence-corrected chi connectivity index (χ3v) is 24.3. The molecule has 1 fully saturated rings. The predicted molar refractivity (Wildman–Crippen MR) is 518 cm³/mol. The zero-order valence-corrected chi connectivity index (χ0v) is 83.3. The first-order valence-electron chi connectivity index (χ1n) is 46.4. The van der Waals surface area contributed by atoms with Crippen molar-refractivity contribution in [2.75, 3.05) is 192 Å². The maximum atomic E-state index is 13.8. The van der Waals surface area contributed by atoms with Gasteiger partial charge in [-0.25, -0.2) is 13.6 Å². The minimum atomic E-state index is -1.63. The number of aryl methyl sites for hydroxylation is 6. The molecule has 1 N–H and O–H groups in total. The zero-order valence-electron chi connectivity index (χ0n) is 83.3. The Morgan fingerprint density at radius 2 is 0.750 bits per heavy atom. The Hall–Kier alpha value is -11.5. The molecule has 1 aliphatic carbocycles. The van der Waals surface area contributed by atoms with Crippen molar-refractivity contribution in [1.82, 2.24) is 10.2 Å². The van der Waals surface area contributed by atoms with Crippen LogP contribution in [0.15, 0.2) is 127 Å². The van der Waals surface area contributed by atoms with Crippen molar-refractivity contribution in [3.05, 3.63) is 178 Å². The largest absolute Gasteiger partial charge is 0.478 e. The molecule has 0 aromatic heterocycles. The van der Waals surface area contributed by atoms with Crippen LogP contribution in [-0.4, -0.2) is 244 Å². The highest BCUT2D eigenvalue weighted by Gasteiger charge is 2.53. The molecule has 5 atom stereocenters. The highest BCUT2D eigenvalue weighted by atomic mass is 19.1. The van der Waals surface area contributed by atoms with Crippen molar-refractivity contribution in [3.8, 4) is 34.5 Å². The lowest BCUT2D eigenvalue weighted by atomic mass is 9.91. The number of anilines is 6. The normalized spacial score (nSPS) is 19.6. The van der Waals surface area contributed by atoms with Gasteiger partial charge in [0.1, 0.15) is 46.1 Å². The minimum Gasteiger partial charge on any atom is -0.478 e. The molecule has 1 saturated carbocycles. The molecule has 0 bridgehead atoms. The first kappa shape index (κ1) is 108. The number of nitrogens with zero attached hydrogens (tertiary/aromatic N) is 7. The highest BCUT2D eigenvalue weighted by molar-refractivity contribution is 6.16. The summed E-state index contributed by atoms with van der Waals surface area (Å²) in [6.45, 7) is 29.4. The van der Waals surface area contributed by atoms with Gasteiger partial charge >= 0.3 is 6.09 Å². The number of hydrogen-bond acceptors (Lipinski definition) is 22. The van der Waals surface area contributed by atoms with E-state index in [0.29, 0.717) is 114 Å². The second-order valence-corrected chi connectivity index (χ2v) is 35.9. The number of carbonyl (C=O) groups excluding carboxylic acids is 8. The molecule has 7 aromatic rings. The van der Waals surface area contributed by atoms with Crippen molar-refractivity contribution < 1.29 is 113 Å². The first-order chi connectivity index (χ1) is 64.8. The van der Waals surface area contributed by atoms with Gasteiger partial charge in [-0.15, -0.1) is 0 Å². The average molecular weight is 1890 g/mol. The van der Waals surface area contributed by atoms with E-state index in [1.54, 1.807) is 99.6 Å². The number of halogens is 2. The van der Waals surface area contributed by atoms with E-state index in [4.69, 9.17) is 61.6 Å². The summed E-state index contributed by atoms with van der Waals surface area (Å²) in [5.74, 6) is 1.95. The minimum absolute atomic E-state index is 0.0510. The fraction of sp³-hybridized carbons (Fsp3) is 0.519. The van der Waals surface area contributed by atoms with Gasteiger partial charge in [0.15, 0.2) is 11.7 Å². The number of ether oxygens (including phenoxy) is 14. The van der Waals surface area contributed by atoms with Crippen LogP contribution in [-0.2, 0) is 77.1 Å². The molecule has 0 radical (unpaired) electrons. The van der Waals surface area contributed by atoms with Gasteiger partial charge in [-0.3, -0.25) is 33.6 Å². The second-order valence-electron chi connectivity index (χ2n) is 35.9. The topological polar surface area (TPSA) is 300 Å². The van der Waals surface area contributed by atoms with Crippen LogP contribution in [0.3, 0.4) is 0 Å². The van der Waals surface area contributed by atoms with Crippen LogP contribution < -0.4 is 63.1 Å². The Morgan fingerprint density at radius 1 is 0.404 bits per heavy atom. The van der Waals surface area contributed by atoms with Crippen LogP contribution in [0, 0.1) is 59.1 Å². The maximum Gasteiger partial charge on any atom is 0.406 e. The molecule has 14 rings (SSSR count). The number of unbranched alkanes of at least 4 members (excludes halogenated alkanes) is 1. The number of fused-ring (bicyclic) bond motifs is 6. The van der Waals surface area contributed by atoms with E-state index in [0.717, 1.165) is 136 Å². The van der Waals surface area contributed by atoms with Crippen molar-refractivity contribution in [2.45, 2.75) is 188 Å². The van der Waals surface area contributed by atoms with Crippen molar-refractivity contribution in [3.63, 3.8) is 0 Å². The second kappa shape index (κ2) is 49.5. The Kier molecular flexibility index (Phi) is 39.3. The van der Waals surface area contributed by atoms with Gasteiger partial charge in [-0.1, -0.05) is 63.1 Å². The summed E-state index contributed by atoms with van der Waals surface area (Å²) in [4.78, 5) is 113. The molecular formula is C104H140F2N8O22. The van der Waals surface area contributed by atoms with E-state index in [2.05, 4.69) is 10.1 Å². The van der Waals surface area contributed by atoms with Gasteiger partial charge < -0.3 is 106 Å². The molecule has 6 heterocycles.